The number of sulfone groups is 1. The number of aromatic nitrogens is 3. The van der Waals surface area contributed by atoms with Gasteiger partial charge in [0.25, 0.3) is 5.91 Å². The zero-order valence-corrected chi connectivity index (χ0v) is 15.8. The maximum Gasteiger partial charge on any atom is 0.338 e. The molecule has 0 aliphatic carbocycles. The molecule has 0 aliphatic rings. The van der Waals surface area contributed by atoms with Gasteiger partial charge in [-0.3, -0.25) is 4.79 Å². The molecule has 0 spiro atoms. The monoisotopic (exact) mass is 400 g/mol. The average Bonchev–Trinajstić information content (AvgIpc) is 3.05. The first kappa shape index (κ1) is 19.2. The smallest absolute Gasteiger partial charge is 0.338 e. The Balaban J connectivity index is 2.25. The van der Waals surface area contributed by atoms with Gasteiger partial charge < -0.3 is 15.4 Å². The highest BCUT2D eigenvalue weighted by molar-refractivity contribution is 7.90. The van der Waals surface area contributed by atoms with Gasteiger partial charge in [-0.2, -0.15) is 0 Å². The van der Waals surface area contributed by atoms with Gasteiger partial charge in [-0.05, 0) is 19.1 Å². The highest BCUT2D eigenvalue weighted by Gasteiger charge is 2.20. The average molecular weight is 400 g/mol. The maximum absolute atomic E-state index is 12.1. The van der Waals surface area contributed by atoms with Crippen LogP contribution in [0.1, 0.15) is 17.3 Å². The Bertz CT molecular complexity index is 1240. The van der Waals surface area contributed by atoms with Crippen molar-refractivity contribution >= 4 is 38.4 Å². The molecule has 3 aromatic rings. The second kappa shape index (κ2) is 6.89. The third-order valence-corrected chi connectivity index (χ3v) is 5.14. The lowest BCUT2D eigenvalue weighted by molar-refractivity contribution is -0.112. The zero-order valence-electron chi connectivity index (χ0n) is 15.0. The van der Waals surface area contributed by atoms with Gasteiger partial charge in [0.2, 0.25) is 0 Å². The van der Waals surface area contributed by atoms with E-state index in [1.165, 1.54) is 37.6 Å². The van der Waals surface area contributed by atoms with Crippen LogP contribution in [0.5, 0.6) is 0 Å². The molecule has 144 valence electrons. The van der Waals surface area contributed by atoms with Crippen LogP contribution in [-0.4, -0.2) is 46.6 Å². The van der Waals surface area contributed by atoms with Crippen molar-refractivity contribution in [2.75, 3.05) is 11.6 Å². The van der Waals surface area contributed by atoms with Gasteiger partial charge in [0, 0.05) is 23.6 Å². The summed E-state index contributed by atoms with van der Waals surface area (Å²) in [5.74, 6) is -1.70. The molecule has 2 aromatic heterocycles. The van der Waals surface area contributed by atoms with Crippen LogP contribution in [0.25, 0.3) is 22.3 Å². The molecule has 0 unspecified atom stereocenters. The number of H-pyrrole nitrogens is 1. The van der Waals surface area contributed by atoms with Crippen LogP contribution in [0.15, 0.2) is 47.8 Å². The number of fused-ring (bicyclic) bond motifs is 1. The predicted octanol–water partition coefficient (Wildman–Crippen LogP) is 2.24. The number of rotatable bonds is 5. The standard InChI is InChI=1S/C18H16N4O5S/c1-9(2)17(23)22-12-6-10(4-5-13(12)28(3,26)27)15-14-11(18(24)25)7-19-16(14)21-8-20-15/h4-8H,1H2,2-3H3,(H,22,23)(H,24,25)(H,19,20,21). The summed E-state index contributed by atoms with van der Waals surface area (Å²) in [5, 5.41) is 12.2. The molecule has 2 heterocycles. The first-order chi connectivity index (χ1) is 13.1. The Hall–Kier alpha value is -3.53. The van der Waals surface area contributed by atoms with E-state index in [2.05, 4.69) is 26.8 Å². The van der Waals surface area contributed by atoms with Gasteiger partial charge in [-0.25, -0.2) is 23.2 Å². The Morgan fingerprint density at radius 1 is 1.25 bits per heavy atom. The number of nitrogens with zero attached hydrogens (tertiary/aromatic N) is 2. The van der Waals surface area contributed by atoms with Crippen molar-refractivity contribution in [2.24, 2.45) is 0 Å². The van der Waals surface area contributed by atoms with Crippen molar-refractivity contribution in [3.8, 4) is 11.3 Å². The summed E-state index contributed by atoms with van der Waals surface area (Å²) in [6.07, 6.45) is 3.59. The van der Waals surface area contributed by atoms with E-state index in [0.29, 0.717) is 11.2 Å². The molecule has 0 saturated heterocycles. The second-order valence-electron chi connectivity index (χ2n) is 6.17. The summed E-state index contributed by atoms with van der Waals surface area (Å²) in [7, 11) is -3.63. The van der Waals surface area contributed by atoms with Crippen molar-refractivity contribution in [1.82, 2.24) is 15.0 Å². The summed E-state index contributed by atoms with van der Waals surface area (Å²) in [5.41, 5.74) is 1.25. The quantitative estimate of drug-likeness (QED) is 0.557. The fourth-order valence-corrected chi connectivity index (χ4v) is 3.50. The van der Waals surface area contributed by atoms with Crippen molar-refractivity contribution < 1.29 is 23.1 Å². The van der Waals surface area contributed by atoms with E-state index in [0.717, 1.165) is 6.26 Å². The number of amides is 1. The van der Waals surface area contributed by atoms with E-state index < -0.39 is 21.7 Å². The number of aromatic carboxylic acids is 1. The fraction of sp³-hybridized carbons (Fsp3) is 0.111. The lowest BCUT2D eigenvalue weighted by atomic mass is 10.1. The lowest BCUT2D eigenvalue weighted by Crippen LogP contribution is -2.14. The van der Waals surface area contributed by atoms with Crippen molar-refractivity contribution in [3.63, 3.8) is 0 Å². The predicted molar refractivity (Wildman–Crippen MR) is 103 cm³/mol. The number of nitrogens with one attached hydrogen (secondary N) is 2. The molecular formula is C18H16N4O5S. The molecule has 0 fully saturated rings. The van der Waals surface area contributed by atoms with Gasteiger partial charge in [-0.1, -0.05) is 12.6 Å². The molecule has 9 nitrogen and oxygen atoms in total. The minimum atomic E-state index is -3.63. The van der Waals surface area contributed by atoms with Crippen LogP contribution in [0, 0.1) is 0 Å². The molecule has 3 N–H and O–H groups in total. The molecule has 0 atom stereocenters. The molecule has 1 aromatic carbocycles. The molecule has 0 saturated carbocycles. The number of carbonyl (C=O) groups excluding carboxylic acids is 1. The Morgan fingerprint density at radius 3 is 2.57 bits per heavy atom. The molecule has 3 rings (SSSR count). The number of carboxylic acids is 1. The van der Waals surface area contributed by atoms with Crippen molar-refractivity contribution in [3.05, 3.63) is 48.4 Å². The third-order valence-electron chi connectivity index (χ3n) is 3.99. The molecule has 0 bridgehead atoms. The largest absolute Gasteiger partial charge is 0.478 e. The maximum atomic E-state index is 12.1. The molecule has 10 heteroatoms. The van der Waals surface area contributed by atoms with Gasteiger partial charge in [-0.15, -0.1) is 0 Å². The zero-order chi connectivity index (χ0) is 20.6. The minimum Gasteiger partial charge on any atom is -0.478 e. The SMILES string of the molecule is C=C(C)C(=O)Nc1cc(-c2ncnc3[nH]cc(C(=O)O)c23)ccc1S(C)(=O)=O. The van der Waals surface area contributed by atoms with Gasteiger partial charge in [0.15, 0.2) is 9.84 Å². The summed E-state index contributed by atoms with van der Waals surface area (Å²) in [6, 6.07) is 4.25. The molecular weight excluding hydrogens is 384 g/mol. The first-order valence-corrected chi connectivity index (χ1v) is 9.85. The van der Waals surface area contributed by atoms with Crippen LogP contribution < -0.4 is 5.32 Å². The van der Waals surface area contributed by atoms with E-state index in [1.807, 2.05) is 0 Å². The van der Waals surface area contributed by atoms with Crippen LogP contribution in [0.2, 0.25) is 0 Å². The number of anilines is 1. The van der Waals surface area contributed by atoms with Gasteiger partial charge >= 0.3 is 5.97 Å². The highest BCUT2D eigenvalue weighted by Crippen LogP contribution is 2.32. The van der Waals surface area contributed by atoms with E-state index in [-0.39, 0.29) is 32.8 Å². The second-order valence-corrected chi connectivity index (χ2v) is 8.16. The van der Waals surface area contributed by atoms with Crippen molar-refractivity contribution in [1.29, 1.82) is 0 Å². The Morgan fingerprint density at radius 2 is 1.96 bits per heavy atom. The normalized spacial score (nSPS) is 11.4. The van der Waals surface area contributed by atoms with E-state index >= 15 is 0 Å². The number of hydrogen-bond acceptors (Lipinski definition) is 6. The lowest BCUT2D eigenvalue weighted by Gasteiger charge is -2.12. The van der Waals surface area contributed by atoms with Crippen LogP contribution in [0.3, 0.4) is 0 Å². The molecule has 1 amide bonds. The molecule has 0 radical (unpaired) electrons. The minimum absolute atomic E-state index is 0.0229. The summed E-state index contributed by atoms with van der Waals surface area (Å²) in [4.78, 5) is 34.4. The number of benzene rings is 1. The Kier molecular flexibility index (Phi) is 4.73. The van der Waals surface area contributed by atoms with Crippen molar-refractivity contribution in [2.45, 2.75) is 11.8 Å². The number of carbonyl (C=O) groups is 2. The summed E-state index contributed by atoms with van der Waals surface area (Å²) < 4.78 is 24.2. The van der Waals surface area contributed by atoms with Crippen LogP contribution in [-0.2, 0) is 14.6 Å². The summed E-state index contributed by atoms with van der Waals surface area (Å²) >= 11 is 0. The fourth-order valence-electron chi connectivity index (χ4n) is 2.68. The molecule has 0 aliphatic heterocycles. The number of aromatic amines is 1. The number of hydrogen-bond donors (Lipinski definition) is 3. The van der Waals surface area contributed by atoms with Gasteiger partial charge in [0.1, 0.15) is 12.0 Å². The van der Waals surface area contributed by atoms with E-state index in [9.17, 15) is 23.1 Å². The Labute approximate surface area is 160 Å². The summed E-state index contributed by atoms with van der Waals surface area (Å²) in [6.45, 7) is 5.03. The van der Waals surface area contributed by atoms with Gasteiger partial charge in [0.05, 0.1) is 27.2 Å². The van der Waals surface area contributed by atoms with Crippen LogP contribution in [0.4, 0.5) is 5.69 Å². The topological polar surface area (TPSA) is 142 Å². The van der Waals surface area contributed by atoms with Crippen LogP contribution >= 0.6 is 0 Å². The highest BCUT2D eigenvalue weighted by atomic mass is 32.2. The number of carboxylic acid groups (broad SMARTS) is 1. The third kappa shape index (κ3) is 3.49. The van der Waals surface area contributed by atoms with E-state index in [4.69, 9.17) is 0 Å². The van der Waals surface area contributed by atoms with E-state index in [1.54, 1.807) is 0 Å². The molecule has 28 heavy (non-hydrogen) atoms. The first-order valence-electron chi connectivity index (χ1n) is 7.96.